The molecule has 0 aliphatic rings. The van der Waals surface area contributed by atoms with Gasteiger partial charge in [-0.25, -0.2) is 4.98 Å². The number of nitrogens with zero attached hydrogens (tertiary/aromatic N) is 1. The number of carbonyl (C=O) groups is 2. The average molecular weight is 385 g/mol. The molecular formula is C14H26Cl2N4O2S. The van der Waals surface area contributed by atoms with Crippen LogP contribution in [0.15, 0.2) is 5.38 Å². The van der Waals surface area contributed by atoms with Gasteiger partial charge >= 0.3 is 0 Å². The van der Waals surface area contributed by atoms with Crippen molar-refractivity contribution < 1.29 is 9.59 Å². The van der Waals surface area contributed by atoms with Crippen molar-refractivity contribution in [2.45, 2.75) is 46.6 Å². The quantitative estimate of drug-likeness (QED) is 0.700. The molecule has 0 radical (unpaired) electrons. The van der Waals surface area contributed by atoms with E-state index in [0.29, 0.717) is 17.4 Å². The molecule has 134 valence electrons. The summed E-state index contributed by atoms with van der Waals surface area (Å²) < 4.78 is 0. The third-order valence-electron chi connectivity index (χ3n) is 2.72. The average Bonchev–Trinajstić information content (AvgIpc) is 2.74. The van der Waals surface area contributed by atoms with E-state index in [9.17, 15) is 9.59 Å². The minimum atomic E-state index is -0.470. The number of rotatable bonds is 6. The fraction of sp³-hybridized carbons (Fsp3) is 0.643. The van der Waals surface area contributed by atoms with Crippen LogP contribution in [0.4, 0.5) is 5.13 Å². The van der Waals surface area contributed by atoms with Crippen LogP contribution in [0, 0.1) is 5.41 Å². The lowest BCUT2D eigenvalue weighted by Gasteiger charge is -2.15. The van der Waals surface area contributed by atoms with Crippen LogP contribution in [-0.2, 0) is 16.0 Å². The van der Waals surface area contributed by atoms with Gasteiger partial charge in [0.2, 0.25) is 11.8 Å². The number of nitrogens with two attached hydrogens (primary N) is 1. The van der Waals surface area contributed by atoms with Crippen LogP contribution in [0.1, 0.15) is 39.8 Å². The highest BCUT2D eigenvalue weighted by Gasteiger charge is 2.22. The van der Waals surface area contributed by atoms with E-state index < -0.39 is 5.41 Å². The van der Waals surface area contributed by atoms with Gasteiger partial charge in [-0.3, -0.25) is 9.59 Å². The lowest BCUT2D eigenvalue weighted by atomic mass is 9.96. The highest BCUT2D eigenvalue weighted by molar-refractivity contribution is 7.13. The van der Waals surface area contributed by atoms with Gasteiger partial charge < -0.3 is 16.4 Å². The van der Waals surface area contributed by atoms with Crippen molar-refractivity contribution in [2.75, 3.05) is 11.9 Å². The topological polar surface area (TPSA) is 97.1 Å². The number of carbonyl (C=O) groups excluding carboxylic acids is 2. The standard InChI is InChI=1S/C14H24N4O2S.2ClH/c1-9(15)5-6-16-11(19)7-10-8-21-13(17-10)18-12(20)14(2,3)4;;/h8-9H,5-7,15H2,1-4H3,(H,16,19)(H,17,18,20);2*1H. The summed E-state index contributed by atoms with van der Waals surface area (Å²) in [7, 11) is 0. The number of hydrogen-bond acceptors (Lipinski definition) is 5. The van der Waals surface area contributed by atoms with E-state index in [1.54, 1.807) is 5.38 Å². The van der Waals surface area contributed by atoms with E-state index >= 15 is 0 Å². The summed E-state index contributed by atoms with van der Waals surface area (Å²) in [5, 5.41) is 7.85. The first-order valence-corrected chi connectivity index (χ1v) is 7.84. The molecule has 23 heavy (non-hydrogen) atoms. The van der Waals surface area contributed by atoms with Gasteiger partial charge in [-0.2, -0.15) is 0 Å². The molecule has 1 rings (SSSR count). The molecule has 0 aliphatic carbocycles. The summed E-state index contributed by atoms with van der Waals surface area (Å²) in [6.07, 6.45) is 0.955. The van der Waals surface area contributed by atoms with Gasteiger partial charge in [-0.1, -0.05) is 20.8 Å². The number of halogens is 2. The predicted octanol–water partition coefficient (Wildman–Crippen LogP) is 2.37. The van der Waals surface area contributed by atoms with Gasteiger partial charge in [0.15, 0.2) is 5.13 Å². The van der Waals surface area contributed by atoms with Crippen LogP contribution in [0.3, 0.4) is 0 Å². The van der Waals surface area contributed by atoms with Crippen molar-refractivity contribution >= 4 is 53.1 Å². The first kappa shape index (κ1) is 24.4. The van der Waals surface area contributed by atoms with Gasteiger partial charge in [0.05, 0.1) is 12.1 Å². The highest BCUT2D eigenvalue weighted by atomic mass is 35.5. The Morgan fingerprint density at radius 3 is 2.48 bits per heavy atom. The van der Waals surface area contributed by atoms with E-state index in [1.165, 1.54) is 11.3 Å². The van der Waals surface area contributed by atoms with Crippen molar-refractivity contribution in [3.63, 3.8) is 0 Å². The molecule has 0 aliphatic heterocycles. The Hall–Kier alpha value is -0.890. The maximum absolute atomic E-state index is 11.8. The number of anilines is 1. The molecule has 2 amide bonds. The molecule has 6 nitrogen and oxygen atoms in total. The number of thiazole rings is 1. The molecular weight excluding hydrogens is 359 g/mol. The molecule has 0 saturated heterocycles. The summed E-state index contributed by atoms with van der Waals surface area (Å²) in [6.45, 7) is 7.97. The number of amides is 2. The second kappa shape index (κ2) is 10.8. The fourth-order valence-electron chi connectivity index (χ4n) is 1.40. The largest absolute Gasteiger partial charge is 0.356 e. The molecule has 1 atom stereocenters. The number of nitrogens with one attached hydrogen (secondary N) is 2. The summed E-state index contributed by atoms with van der Waals surface area (Å²) in [5.74, 6) is -0.181. The smallest absolute Gasteiger partial charge is 0.231 e. The first-order chi connectivity index (χ1) is 9.68. The van der Waals surface area contributed by atoms with E-state index in [4.69, 9.17) is 5.73 Å². The zero-order chi connectivity index (χ0) is 16.0. The summed E-state index contributed by atoms with van der Waals surface area (Å²) in [6, 6.07) is 0.0729. The van der Waals surface area contributed by atoms with Crippen molar-refractivity contribution in [3.8, 4) is 0 Å². The Labute approximate surface area is 153 Å². The molecule has 0 spiro atoms. The molecule has 1 aromatic heterocycles. The Balaban J connectivity index is 0. The van der Waals surface area contributed by atoms with Crippen LogP contribution in [0.2, 0.25) is 0 Å². The lowest BCUT2D eigenvalue weighted by Crippen LogP contribution is -2.30. The maximum atomic E-state index is 11.8. The molecule has 1 aromatic rings. The molecule has 9 heteroatoms. The minimum absolute atomic E-state index is 0. The SMILES string of the molecule is CC(N)CCNC(=O)Cc1csc(NC(=O)C(C)(C)C)n1.Cl.Cl. The highest BCUT2D eigenvalue weighted by Crippen LogP contribution is 2.20. The van der Waals surface area contributed by atoms with Gasteiger partial charge in [0.1, 0.15) is 0 Å². The fourth-order valence-corrected chi connectivity index (χ4v) is 2.10. The Kier molecular flexibility index (Phi) is 11.4. The summed E-state index contributed by atoms with van der Waals surface area (Å²) in [5.41, 5.74) is 5.80. The molecule has 0 fully saturated rings. The minimum Gasteiger partial charge on any atom is -0.356 e. The van der Waals surface area contributed by atoms with Gasteiger partial charge in [-0.15, -0.1) is 36.2 Å². The Morgan fingerprint density at radius 2 is 1.96 bits per heavy atom. The second-order valence-corrected chi connectivity index (χ2v) is 7.00. The predicted molar refractivity (Wildman–Crippen MR) is 99.7 cm³/mol. The van der Waals surface area contributed by atoms with Crippen molar-refractivity contribution in [2.24, 2.45) is 11.1 Å². The third kappa shape index (κ3) is 9.76. The zero-order valence-corrected chi connectivity index (χ0v) is 16.3. The van der Waals surface area contributed by atoms with Crippen LogP contribution in [0.25, 0.3) is 0 Å². The maximum Gasteiger partial charge on any atom is 0.231 e. The molecule has 4 N–H and O–H groups in total. The monoisotopic (exact) mass is 384 g/mol. The van der Waals surface area contributed by atoms with Gasteiger partial charge in [0, 0.05) is 23.4 Å². The molecule has 0 aromatic carbocycles. The Morgan fingerprint density at radius 1 is 1.35 bits per heavy atom. The molecule has 1 unspecified atom stereocenters. The van der Waals surface area contributed by atoms with Gasteiger partial charge in [0.25, 0.3) is 0 Å². The van der Waals surface area contributed by atoms with Crippen molar-refractivity contribution in [1.82, 2.24) is 10.3 Å². The Bertz CT molecular complexity index is 501. The van der Waals surface area contributed by atoms with Crippen molar-refractivity contribution in [3.05, 3.63) is 11.1 Å². The summed E-state index contributed by atoms with van der Waals surface area (Å²) in [4.78, 5) is 27.8. The van der Waals surface area contributed by atoms with Crippen LogP contribution in [-0.4, -0.2) is 29.4 Å². The normalized spacial score (nSPS) is 11.7. The van der Waals surface area contributed by atoms with E-state index in [2.05, 4.69) is 15.6 Å². The third-order valence-corrected chi connectivity index (χ3v) is 3.52. The number of aromatic nitrogens is 1. The van der Waals surface area contributed by atoms with Crippen LogP contribution < -0.4 is 16.4 Å². The van der Waals surface area contributed by atoms with Crippen molar-refractivity contribution in [1.29, 1.82) is 0 Å². The number of hydrogen-bond donors (Lipinski definition) is 3. The van der Waals surface area contributed by atoms with E-state index in [-0.39, 0.29) is 49.1 Å². The van der Waals surface area contributed by atoms with Crippen LogP contribution in [0.5, 0.6) is 0 Å². The lowest BCUT2D eigenvalue weighted by molar-refractivity contribution is -0.123. The first-order valence-electron chi connectivity index (χ1n) is 6.96. The molecule has 0 bridgehead atoms. The van der Waals surface area contributed by atoms with E-state index in [1.807, 2.05) is 27.7 Å². The zero-order valence-electron chi connectivity index (χ0n) is 13.8. The summed E-state index contributed by atoms with van der Waals surface area (Å²) >= 11 is 1.32. The molecule has 1 heterocycles. The van der Waals surface area contributed by atoms with Crippen LogP contribution >= 0.6 is 36.2 Å². The van der Waals surface area contributed by atoms with Gasteiger partial charge in [-0.05, 0) is 13.3 Å². The molecule has 0 saturated carbocycles. The second-order valence-electron chi connectivity index (χ2n) is 6.14. The van der Waals surface area contributed by atoms with E-state index in [0.717, 1.165) is 6.42 Å².